The minimum atomic E-state index is -3.95. The number of carbonyl (C=O) groups excluding carboxylic acids is 1. The van der Waals surface area contributed by atoms with E-state index in [9.17, 15) is 13.2 Å². The van der Waals surface area contributed by atoms with Crippen molar-refractivity contribution in [2.45, 2.75) is 42.9 Å². The van der Waals surface area contributed by atoms with E-state index in [1.165, 1.54) is 12.1 Å². The molecule has 2 aliphatic heterocycles. The molecule has 1 spiro atoms. The molecule has 1 aromatic carbocycles. The standard InChI is InChI=1S/C16H22N2O6S/c1-12-4-6-13(7-5-12)25(21,22)18-11-16(10-14(18)15(19)17-20)23-8-2-3-9-24-16/h4-7,14,20H,2-3,8-11H2,1H3,(H,17,19)/t14-/m0/s1. The van der Waals surface area contributed by atoms with Crippen LogP contribution in [0.5, 0.6) is 0 Å². The lowest BCUT2D eigenvalue weighted by Crippen LogP contribution is -2.45. The van der Waals surface area contributed by atoms with Gasteiger partial charge >= 0.3 is 0 Å². The second kappa shape index (κ2) is 7.00. The molecule has 0 radical (unpaired) electrons. The zero-order chi connectivity index (χ0) is 18.1. The van der Waals surface area contributed by atoms with E-state index in [-0.39, 0.29) is 17.9 Å². The topological polar surface area (TPSA) is 105 Å². The fraction of sp³-hybridized carbons (Fsp3) is 0.562. The molecule has 9 heteroatoms. The molecule has 25 heavy (non-hydrogen) atoms. The maximum atomic E-state index is 13.0. The summed E-state index contributed by atoms with van der Waals surface area (Å²) in [6, 6.07) is 5.28. The number of aryl methyl sites for hydroxylation is 1. The Morgan fingerprint density at radius 1 is 1.24 bits per heavy atom. The van der Waals surface area contributed by atoms with Gasteiger partial charge < -0.3 is 9.47 Å². The number of benzene rings is 1. The number of sulfonamides is 1. The number of carbonyl (C=O) groups is 1. The Hall–Kier alpha value is -1.52. The van der Waals surface area contributed by atoms with Crippen molar-refractivity contribution in [1.82, 2.24) is 9.79 Å². The molecule has 0 saturated carbocycles. The fourth-order valence-corrected chi connectivity index (χ4v) is 4.80. The van der Waals surface area contributed by atoms with Crippen LogP contribution in [0.2, 0.25) is 0 Å². The van der Waals surface area contributed by atoms with Gasteiger partial charge in [-0.15, -0.1) is 0 Å². The van der Waals surface area contributed by atoms with Gasteiger partial charge in [-0.25, -0.2) is 13.9 Å². The summed E-state index contributed by atoms with van der Waals surface area (Å²) in [6.45, 7) is 2.63. The molecule has 2 fully saturated rings. The minimum absolute atomic E-state index is 0.0322. The van der Waals surface area contributed by atoms with Crippen LogP contribution in [0.1, 0.15) is 24.8 Å². The number of rotatable bonds is 3. The summed E-state index contributed by atoms with van der Waals surface area (Å²) in [7, 11) is -3.95. The molecule has 0 bridgehead atoms. The van der Waals surface area contributed by atoms with E-state index in [4.69, 9.17) is 14.7 Å². The van der Waals surface area contributed by atoms with Gasteiger partial charge in [-0.1, -0.05) is 17.7 Å². The molecule has 8 nitrogen and oxygen atoms in total. The van der Waals surface area contributed by atoms with Gasteiger partial charge in [-0.05, 0) is 31.9 Å². The van der Waals surface area contributed by atoms with Crippen LogP contribution in [0, 0.1) is 6.92 Å². The van der Waals surface area contributed by atoms with Crippen molar-refractivity contribution in [2.75, 3.05) is 19.8 Å². The van der Waals surface area contributed by atoms with Crippen molar-refractivity contribution in [3.63, 3.8) is 0 Å². The van der Waals surface area contributed by atoms with Gasteiger partial charge in [0.25, 0.3) is 5.91 Å². The molecule has 0 unspecified atom stereocenters. The first-order valence-electron chi connectivity index (χ1n) is 8.18. The number of ether oxygens (including phenoxy) is 2. The fourth-order valence-electron chi connectivity index (χ4n) is 3.18. The number of hydrogen-bond donors (Lipinski definition) is 2. The first-order chi connectivity index (χ1) is 11.9. The molecule has 2 saturated heterocycles. The smallest absolute Gasteiger partial charge is 0.261 e. The van der Waals surface area contributed by atoms with Crippen LogP contribution in [-0.4, -0.2) is 55.4 Å². The molecule has 1 atom stereocenters. The zero-order valence-corrected chi connectivity index (χ0v) is 14.8. The number of amides is 1. The van der Waals surface area contributed by atoms with Gasteiger partial charge in [0.2, 0.25) is 10.0 Å². The summed E-state index contributed by atoms with van der Waals surface area (Å²) in [5, 5.41) is 9.03. The number of hydrogen-bond acceptors (Lipinski definition) is 6. The van der Waals surface area contributed by atoms with E-state index in [2.05, 4.69) is 0 Å². The van der Waals surface area contributed by atoms with Crippen LogP contribution in [0.4, 0.5) is 0 Å². The van der Waals surface area contributed by atoms with E-state index in [0.29, 0.717) is 13.2 Å². The molecule has 2 N–H and O–H groups in total. The van der Waals surface area contributed by atoms with Gasteiger partial charge in [-0.3, -0.25) is 10.0 Å². The third-order valence-electron chi connectivity index (χ3n) is 4.56. The van der Waals surface area contributed by atoms with Gasteiger partial charge in [0.15, 0.2) is 5.79 Å². The Morgan fingerprint density at radius 3 is 2.40 bits per heavy atom. The second-order valence-electron chi connectivity index (χ2n) is 6.37. The second-order valence-corrected chi connectivity index (χ2v) is 8.26. The predicted octanol–water partition coefficient (Wildman–Crippen LogP) is 0.787. The van der Waals surface area contributed by atoms with Crippen LogP contribution in [0.15, 0.2) is 29.2 Å². The average Bonchev–Trinajstić information content (AvgIpc) is 2.83. The Labute approximate surface area is 146 Å². The summed E-state index contributed by atoms with van der Waals surface area (Å²) in [4.78, 5) is 12.2. The number of hydroxylamine groups is 1. The SMILES string of the molecule is Cc1ccc(S(=O)(=O)N2CC3(C[C@H]2C(=O)NO)OCCCCO3)cc1. The summed E-state index contributed by atoms with van der Waals surface area (Å²) in [5.41, 5.74) is 2.48. The Balaban J connectivity index is 1.96. The first kappa shape index (κ1) is 18.3. The molecular formula is C16H22N2O6S. The Bertz CT molecular complexity index is 725. The highest BCUT2D eigenvalue weighted by Crippen LogP contribution is 2.37. The minimum Gasteiger partial charge on any atom is -0.349 e. The van der Waals surface area contributed by atoms with E-state index in [0.717, 1.165) is 22.7 Å². The Morgan fingerprint density at radius 2 is 1.84 bits per heavy atom. The van der Waals surface area contributed by atoms with Crippen LogP contribution < -0.4 is 5.48 Å². The average molecular weight is 370 g/mol. The van der Waals surface area contributed by atoms with E-state index < -0.39 is 27.8 Å². The number of nitrogens with one attached hydrogen (secondary N) is 1. The van der Waals surface area contributed by atoms with Crippen LogP contribution >= 0.6 is 0 Å². The van der Waals surface area contributed by atoms with Crippen LogP contribution in [0.3, 0.4) is 0 Å². The molecule has 3 rings (SSSR count). The highest BCUT2D eigenvalue weighted by Gasteiger charge is 2.53. The van der Waals surface area contributed by atoms with Gasteiger partial charge in [0.1, 0.15) is 6.04 Å². The van der Waals surface area contributed by atoms with Crippen molar-refractivity contribution in [2.24, 2.45) is 0 Å². The van der Waals surface area contributed by atoms with E-state index in [1.54, 1.807) is 17.6 Å². The molecular weight excluding hydrogens is 348 g/mol. The number of nitrogens with zero attached hydrogens (tertiary/aromatic N) is 1. The largest absolute Gasteiger partial charge is 0.349 e. The molecule has 1 amide bonds. The van der Waals surface area contributed by atoms with Gasteiger partial charge in [0, 0.05) is 6.42 Å². The lowest BCUT2D eigenvalue weighted by molar-refractivity contribution is -0.214. The zero-order valence-electron chi connectivity index (χ0n) is 14.0. The molecule has 1 aromatic rings. The van der Waals surface area contributed by atoms with Crippen molar-refractivity contribution >= 4 is 15.9 Å². The first-order valence-corrected chi connectivity index (χ1v) is 9.62. The lowest BCUT2D eigenvalue weighted by atomic mass is 10.1. The quantitative estimate of drug-likeness (QED) is 0.602. The van der Waals surface area contributed by atoms with E-state index in [1.807, 2.05) is 6.92 Å². The highest BCUT2D eigenvalue weighted by atomic mass is 32.2. The monoisotopic (exact) mass is 370 g/mol. The normalized spacial score (nSPS) is 24.2. The van der Waals surface area contributed by atoms with Crippen molar-refractivity contribution < 1.29 is 27.9 Å². The molecule has 0 aromatic heterocycles. The van der Waals surface area contributed by atoms with Crippen molar-refractivity contribution in [1.29, 1.82) is 0 Å². The maximum absolute atomic E-state index is 13.0. The predicted molar refractivity (Wildman–Crippen MR) is 87.3 cm³/mol. The Kier molecular flexibility index (Phi) is 5.12. The lowest BCUT2D eigenvalue weighted by Gasteiger charge is -2.27. The summed E-state index contributed by atoms with van der Waals surface area (Å²) in [5.74, 6) is -1.96. The maximum Gasteiger partial charge on any atom is 0.261 e. The van der Waals surface area contributed by atoms with Crippen LogP contribution in [-0.2, 0) is 24.3 Å². The summed E-state index contributed by atoms with van der Waals surface area (Å²) >= 11 is 0. The van der Waals surface area contributed by atoms with Gasteiger partial charge in [-0.2, -0.15) is 4.31 Å². The molecule has 2 aliphatic rings. The van der Waals surface area contributed by atoms with Crippen molar-refractivity contribution in [3.05, 3.63) is 29.8 Å². The molecule has 0 aliphatic carbocycles. The molecule has 138 valence electrons. The van der Waals surface area contributed by atoms with E-state index >= 15 is 0 Å². The highest BCUT2D eigenvalue weighted by molar-refractivity contribution is 7.89. The summed E-state index contributed by atoms with van der Waals surface area (Å²) in [6.07, 6.45) is 1.65. The van der Waals surface area contributed by atoms with Gasteiger partial charge in [0.05, 0.1) is 24.7 Å². The van der Waals surface area contributed by atoms with Crippen molar-refractivity contribution in [3.8, 4) is 0 Å². The van der Waals surface area contributed by atoms with Crippen LogP contribution in [0.25, 0.3) is 0 Å². The third-order valence-corrected chi connectivity index (χ3v) is 6.43. The molecule has 2 heterocycles. The summed E-state index contributed by atoms with van der Waals surface area (Å²) < 4.78 is 38.7. The third kappa shape index (κ3) is 3.56.